The average Bonchev–Trinajstić information content (AvgIpc) is 2.71. The zero-order chi connectivity index (χ0) is 10.0. The van der Waals surface area contributed by atoms with E-state index < -0.39 is 0 Å². The van der Waals surface area contributed by atoms with E-state index >= 15 is 0 Å². The smallest absolute Gasteiger partial charge is 0.0988 e. The molecule has 0 amide bonds. The minimum Gasteiger partial charge on any atom is -0.472 e. The van der Waals surface area contributed by atoms with E-state index in [1.54, 1.807) is 12.5 Å². The largest absolute Gasteiger partial charge is 0.472 e. The Kier molecular flexibility index (Phi) is 2.61. The molecule has 1 aromatic rings. The molecule has 78 valence electrons. The molecule has 1 aromatic heterocycles. The molecule has 0 aromatic carbocycles. The van der Waals surface area contributed by atoms with Gasteiger partial charge < -0.3 is 14.5 Å². The molecule has 1 saturated heterocycles. The van der Waals surface area contributed by atoms with Crippen molar-refractivity contribution in [2.24, 2.45) is 0 Å². The first-order chi connectivity index (χ1) is 6.73. The molecule has 2 unspecified atom stereocenters. The lowest BCUT2D eigenvalue weighted by atomic mass is 9.99. The van der Waals surface area contributed by atoms with Crippen LogP contribution in [-0.4, -0.2) is 18.7 Å². The predicted octanol–water partition coefficient (Wildman–Crippen LogP) is 2.11. The number of hydrogen-bond acceptors (Lipinski definition) is 3. The molecule has 2 rings (SSSR count). The third kappa shape index (κ3) is 1.83. The monoisotopic (exact) mass is 195 g/mol. The van der Waals surface area contributed by atoms with Gasteiger partial charge in [-0.1, -0.05) is 6.92 Å². The molecule has 0 saturated carbocycles. The second-order valence-electron chi connectivity index (χ2n) is 4.10. The maximum absolute atomic E-state index is 6.04. The minimum atomic E-state index is -0.0415. The highest BCUT2D eigenvalue weighted by Crippen LogP contribution is 2.29. The van der Waals surface area contributed by atoms with Gasteiger partial charge in [-0.25, -0.2) is 0 Å². The van der Waals surface area contributed by atoms with Gasteiger partial charge in [0.1, 0.15) is 0 Å². The average molecular weight is 195 g/mol. The summed E-state index contributed by atoms with van der Waals surface area (Å²) in [5.74, 6) is 0. The Morgan fingerprint density at radius 3 is 3.14 bits per heavy atom. The third-order valence-corrected chi connectivity index (χ3v) is 2.92. The van der Waals surface area contributed by atoms with Crippen molar-refractivity contribution < 1.29 is 9.15 Å². The van der Waals surface area contributed by atoms with E-state index in [0.29, 0.717) is 0 Å². The summed E-state index contributed by atoms with van der Waals surface area (Å²) >= 11 is 0. The van der Waals surface area contributed by atoms with Crippen molar-refractivity contribution in [1.29, 1.82) is 0 Å². The molecule has 1 aliphatic rings. The molecule has 2 heterocycles. The molecule has 2 atom stereocenters. The van der Waals surface area contributed by atoms with Crippen LogP contribution in [0.2, 0.25) is 0 Å². The third-order valence-electron chi connectivity index (χ3n) is 2.92. The first kappa shape index (κ1) is 9.74. The van der Waals surface area contributed by atoms with Gasteiger partial charge in [0, 0.05) is 18.7 Å². The van der Waals surface area contributed by atoms with Crippen LogP contribution in [0.3, 0.4) is 0 Å². The fourth-order valence-electron chi connectivity index (χ4n) is 1.75. The Balaban J connectivity index is 2.08. The summed E-state index contributed by atoms with van der Waals surface area (Å²) in [4.78, 5) is 0. The summed E-state index contributed by atoms with van der Waals surface area (Å²) in [6, 6.07) is 1.97. The van der Waals surface area contributed by atoms with E-state index in [9.17, 15) is 0 Å². The Morgan fingerprint density at radius 2 is 2.50 bits per heavy atom. The van der Waals surface area contributed by atoms with E-state index in [4.69, 9.17) is 9.15 Å². The molecular weight excluding hydrogens is 178 g/mol. The van der Waals surface area contributed by atoms with Crippen LogP contribution >= 0.6 is 0 Å². The Bertz CT molecular complexity index is 283. The topological polar surface area (TPSA) is 34.4 Å². The van der Waals surface area contributed by atoms with E-state index in [-0.39, 0.29) is 11.7 Å². The van der Waals surface area contributed by atoms with Gasteiger partial charge >= 0.3 is 0 Å². The van der Waals surface area contributed by atoms with Crippen molar-refractivity contribution in [1.82, 2.24) is 5.32 Å². The molecule has 1 N–H and O–H groups in total. The van der Waals surface area contributed by atoms with Crippen molar-refractivity contribution in [3.8, 4) is 0 Å². The second-order valence-corrected chi connectivity index (χ2v) is 4.10. The maximum Gasteiger partial charge on any atom is 0.0988 e. The van der Waals surface area contributed by atoms with Crippen LogP contribution in [0.1, 0.15) is 31.9 Å². The number of morpholine rings is 1. The number of ether oxygens (including phenoxy) is 1. The highest BCUT2D eigenvalue weighted by Gasteiger charge is 2.32. The minimum absolute atomic E-state index is 0.0415. The zero-order valence-electron chi connectivity index (χ0n) is 8.75. The summed E-state index contributed by atoms with van der Waals surface area (Å²) in [5.41, 5.74) is 1.08. The molecule has 0 aliphatic carbocycles. The highest BCUT2D eigenvalue weighted by molar-refractivity contribution is 5.11. The summed E-state index contributed by atoms with van der Waals surface area (Å²) in [5, 5.41) is 3.40. The molecule has 1 fully saturated rings. The molecule has 0 bridgehead atoms. The van der Waals surface area contributed by atoms with Gasteiger partial charge in [0.15, 0.2) is 0 Å². The van der Waals surface area contributed by atoms with Crippen molar-refractivity contribution >= 4 is 0 Å². The highest BCUT2D eigenvalue weighted by atomic mass is 16.5. The van der Waals surface area contributed by atoms with Crippen molar-refractivity contribution in [3.05, 3.63) is 24.2 Å². The van der Waals surface area contributed by atoms with Gasteiger partial charge in [0.25, 0.3) is 0 Å². The van der Waals surface area contributed by atoms with E-state index in [1.165, 1.54) is 0 Å². The van der Waals surface area contributed by atoms with Gasteiger partial charge in [0.2, 0.25) is 0 Å². The molecule has 14 heavy (non-hydrogen) atoms. The van der Waals surface area contributed by atoms with E-state index in [0.717, 1.165) is 25.1 Å². The van der Waals surface area contributed by atoms with Crippen LogP contribution in [0.15, 0.2) is 23.0 Å². The quantitative estimate of drug-likeness (QED) is 0.784. The lowest BCUT2D eigenvalue weighted by Gasteiger charge is -2.38. The van der Waals surface area contributed by atoms with Crippen molar-refractivity contribution in [2.75, 3.05) is 13.1 Å². The molecule has 3 heteroatoms. The summed E-state index contributed by atoms with van der Waals surface area (Å²) < 4.78 is 11.1. The van der Waals surface area contributed by atoms with Gasteiger partial charge in [-0.3, -0.25) is 0 Å². The van der Waals surface area contributed by atoms with Gasteiger partial charge in [0.05, 0.1) is 24.2 Å². The summed E-state index contributed by atoms with van der Waals surface area (Å²) in [7, 11) is 0. The maximum atomic E-state index is 6.04. The molecular formula is C11H17NO2. The van der Waals surface area contributed by atoms with E-state index in [2.05, 4.69) is 19.2 Å². The van der Waals surface area contributed by atoms with Crippen LogP contribution in [-0.2, 0) is 4.74 Å². The SMILES string of the molecule is CCC1(C)CNCC(c2ccoc2)O1. The fourth-order valence-corrected chi connectivity index (χ4v) is 1.75. The first-order valence-corrected chi connectivity index (χ1v) is 5.14. The second kappa shape index (κ2) is 3.75. The van der Waals surface area contributed by atoms with E-state index in [1.807, 2.05) is 6.07 Å². The molecule has 0 spiro atoms. The van der Waals surface area contributed by atoms with Gasteiger partial charge in [-0.05, 0) is 19.4 Å². The van der Waals surface area contributed by atoms with Crippen molar-refractivity contribution in [2.45, 2.75) is 32.0 Å². The zero-order valence-corrected chi connectivity index (χ0v) is 8.75. The number of furan rings is 1. The Morgan fingerprint density at radius 1 is 1.64 bits per heavy atom. The number of rotatable bonds is 2. The van der Waals surface area contributed by atoms with Gasteiger partial charge in [-0.2, -0.15) is 0 Å². The number of hydrogen-bond donors (Lipinski definition) is 1. The van der Waals surface area contributed by atoms with Crippen LogP contribution in [0, 0.1) is 0 Å². The van der Waals surface area contributed by atoms with Crippen LogP contribution < -0.4 is 5.32 Å². The van der Waals surface area contributed by atoms with Crippen LogP contribution in [0.25, 0.3) is 0 Å². The van der Waals surface area contributed by atoms with Gasteiger partial charge in [-0.15, -0.1) is 0 Å². The Hall–Kier alpha value is -0.800. The van der Waals surface area contributed by atoms with Crippen LogP contribution in [0.4, 0.5) is 0 Å². The number of nitrogens with one attached hydrogen (secondary N) is 1. The molecule has 1 aliphatic heterocycles. The summed E-state index contributed by atoms with van der Waals surface area (Å²) in [6.45, 7) is 6.10. The standard InChI is InChI=1S/C11H17NO2/c1-3-11(2)8-12-6-10(14-11)9-4-5-13-7-9/h4-5,7,10,12H,3,6,8H2,1-2H3. The van der Waals surface area contributed by atoms with Crippen LogP contribution in [0.5, 0.6) is 0 Å². The van der Waals surface area contributed by atoms with Crippen molar-refractivity contribution in [3.63, 3.8) is 0 Å². The first-order valence-electron chi connectivity index (χ1n) is 5.14. The summed E-state index contributed by atoms with van der Waals surface area (Å²) in [6.07, 6.45) is 4.60. The lowest BCUT2D eigenvalue weighted by molar-refractivity contribution is -0.109. The molecule has 3 nitrogen and oxygen atoms in total. The normalized spacial score (nSPS) is 33.1. The Labute approximate surface area is 84.4 Å². The fraction of sp³-hybridized carbons (Fsp3) is 0.636. The predicted molar refractivity (Wildman–Crippen MR) is 54.1 cm³/mol. The lowest BCUT2D eigenvalue weighted by Crippen LogP contribution is -2.48. The molecule has 0 radical (unpaired) electrons.